The van der Waals surface area contributed by atoms with Crippen molar-refractivity contribution in [3.8, 4) is 11.1 Å². The van der Waals surface area contributed by atoms with Crippen LogP contribution < -0.4 is 16.4 Å². The molecule has 148 valence electrons. The fraction of sp³-hybridized carbons (Fsp3) is 0.286. The van der Waals surface area contributed by atoms with Crippen LogP contribution in [0.4, 0.5) is 10.5 Å². The number of anilines is 1. The molecule has 0 saturated heterocycles. The Hall–Kier alpha value is -3.35. The molecule has 0 aliphatic carbocycles. The van der Waals surface area contributed by atoms with Crippen molar-refractivity contribution in [3.05, 3.63) is 54.6 Å². The van der Waals surface area contributed by atoms with Gasteiger partial charge in [0.05, 0.1) is 13.0 Å². The van der Waals surface area contributed by atoms with Crippen molar-refractivity contribution in [2.45, 2.75) is 26.3 Å². The van der Waals surface area contributed by atoms with Crippen molar-refractivity contribution in [2.75, 3.05) is 11.9 Å². The summed E-state index contributed by atoms with van der Waals surface area (Å²) in [5.41, 5.74) is 7.79. The van der Waals surface area contributed by atoms with Crippen LogP contribution in [0.2, 0.25) is 0 Å². The molecule has 0 aromatic heterocycles. The summed E-state index contributed by atoms with van der Waals surface area (Å²) in [5.74, 6) is -1.10. The molecule has 7 nitrogen and oxygen atoms in total. The highest BCUT2D eigenvalue weighted by atomic mass is 16.5. The third kappa shape index (κ3) is 6.75. The molecule has 2 rings (SSSR count). The van der Waals surface area contributed by atoms with Gasteiger partial charge in [0.15, 0.2) is 0 Å². The number of carbonyl (C=O) groups excluding carboxylic acids is 3. The third-order valence-corrected chi connectivity index (χ3v) is 3.82. The minimum atomic E-state index is -1.12. The van der Waals surface area contributed by atoms with Crippen LogP contribution in [0.25, 0.3) is 11.1 Å². The number of rotatable bonds is 8. The molecule has 0 fully saturated rings. The molecule has 0 spiro atoms. The van der Waals surface area contributed by atoms with Gasteiger partial charge in [-0.3, -0.25) is 9.59 Å². The Morgan fingerprint density at radius 2 is 1.57 bits per heavy atom. The minimum Gasteiger partial charge on any atom is -0.449 e. The minimum absolute atomic E-state index is 0.150. The standard InChI is InChI=1S/C21H25N3O4/c1-14(2)13-28-21(27)24-18(12-19(22)25)20(26)23-17-10-8-16(9-11-17)15-6-4-3-5-7-15/h3-11,14,18H,12-13H2,1-2H3,(H2,22,25)(H,23,26)(H,24,27)/t18-/m0/s1. The Kier molecular flexibility index (Phi) is 7.56. The number of primary amides is 1. The fourth-order valence-corrected chi connectivity index (χ4v) is 2.44. The van der Waals surface area contributed by atoms with Gasteiger partial charge >= 0.3 is 6.09 Å². The number of hydrogen-bond acceptors (Lipinski definition) is 4. The van der Waals surface area contributed by atoms with Gasteiger partial charge in [0.1, 0.15) is 6.04 Å². The van der Waals surface area contributed by atoms with E-state index in [1.165, 1.54) is 0 Å². The van der Waals surface area contributed by atoms with E-state index in [0.717, 1.165) is 11.1 Å². The van der Waals surface area contributed by atoms with E-state index in [9.17, 15) is 14.4 Å². The van der Waals surface area contributed by atoms with Crippen molar-refractivity contribution in [3.63, 3.8) is 0 Å². The molecule has 1 atom stereocenters. The summed E-state index contributed by atoms with van der Waals surface area (Å²) in [6.07, 6.45) is -1.10. The van der Waals surface area contributed by atoms with Gasteiger partial charge in [-0.2, -0.15) is 0 Å². The number of ether oxygens (including phenoxy) is 1. The van der Waals surface area contributed by atoms with Crippen LogP contribution >= 0.6 is 0 Å². The molecule has 0 bridgehead atoms. The molecule has 28 heavy (non-hydrogen) atoms. The molecule has 2 aromatic carbocycles. The number of alkyl carbamates (subject to hydrolysis) is 1. The molecule has 3 amide bonds. The molecule has 0 saturated carbocycles. The number of hydrogen-bond donors (Lipinski definition) is 3. The van der Waals surface area contributed by atoms with E-state index in [1.807, 2.05) is 56.3 Å². The molecule has 2 aromatic rings. The maximum atomic E-state index is 12.5. The van der Waals surface area contributed by atoms with Crippen LogP contribution in [0.15, 0.2) is 54.6 Å². The Labute approximate surface area is 164 Å². The number of amides is 3. The number of carbonyl (C=O) groups is 3. The van der Waals surface area contributed by atoms with Gasteiger partial charge in [0, 0.05) is 5.69 Å². The van der Waals surface area contributed by atoms with Crippen LogP contribution in [0, 0.1) is 5.92 Å². The quantitative estimate of drug-likeness (QED) is 0.651. The van der Waals surface area contributed by atoms with Gasteiger partial charge in [0.2, 0.25) is 11.8 Å². The zero-order chi connectivity index (χ0) is 20.5. The van der Waals surface area contributed by atoms with Crippen LogP contribution in [0.5, 0.6) is 0 Å². The van der Waals surface area contributed by atoms with Gasteiger partial charge in [0.25, 0.3) is 0 Å². The Bertz CT molecular complexity index is 804. The smallest absolute Gasteiger partial charge is 0.407 e. The van der Waals surface area contributed by atoms with E-state index < -0.39 is 23.9 Å². The first-order valence-electron chi connectivity index (χ1n) is 9.03. The summed E-state index contributed by atoms with van der Waals surface area (Å²) in [4.78, 5) is 35.6. The average Bonchev–Trinajstić information content (AvgIpc) is 2.67. The summed E-state index contributed by atoms with van der Waals surface area (Å²) in [6, 6.07) is 15.9. The Morgan fingerprint density at radius 3 is 2.14 bits per heavy atom. The second-order valence-corrected chi connectivity index (χ2v) is 6.79. The highest BCUT2D eigenvalue weighted by Crippen LogP contribution is 2.21. The van der Waals surface area contributed by atoms with E-state index in [4.69, 9.17) is 10.5 Å². The van der Waals surface area contributed by atoms with Gasteiger partial charge < -0.3 is 21.1 Å². The monoisotopic (exact) mass is 383 g/mol. The largest absolute Gasteiger partial charge is 0.449 e. The molecule has 0 aliphatic rings. The first-order chi connectivity index (χ1) is 13.3. The van der Waals surface area contributed by atoms with Crippen molar-refractivity contribution in [2.24, 2.45) is 11.7 Å². The van der Waals surface area contributed by atoms with Gasteiger partial charge in [-0.1, -0.05) is 56.3 Å². The van der Waals surface area contributed by atoms with Crippen molar-refractivity contribution < 1.29 is 19.1 Å². The predicted octanol–water partition coefficient (Wildman–Crippen LogP) is 2.92. The lowest BCUT2D eigenvalue weighted by molar-refractivity contribution is -0.123. The Balaban J connectivity index is 2.01. The van der Waals surface area contributed by atoms with Crippen molar-refractivity contribution in [1.82, 2.24) is 5.32 Å². The molecule has 0 unspecified atom stereocenters. The molecule has 0 radical (unpaired) electrons. The number of nitrogens with one attached hydrogen (secondary N) is 2. The zero-order valence-electron chi connectivity index (χ0n) is 16.0. The van der Waals surface area contributed by atoms with Crippen LogP contribution in [0.1, 0.15) is 20.3 Å². The van der Waals surface area contributed by atoms with E-state index in [2.05, 4.69) is 10.6 Å². The highest BCUT2D eigenvalue weighted by molar-refractivity contribution is 5.99. The first-order valence-corrected chi connectivity index (χ1v) is 9.03. The topological polar surface area (TPSA) is 111 Å². The lowest BCUT2D eigenvalue weighted by Gasteiger charge is -2.17. The molecule has 4 N–H and O–H groups in total. The van der Waals surface area contributed by atoms with Gasteiger partial charge in [-0.15, -0.1) is 0 Å². The predicted molar refractivity (Wildman–Crippen MR) is 107 cm³/mol. The molecule has 0 heterocycles. The van der Waals surface area contributed by atoms with Crippen LogP contribution in [-0.4, -0.2) is 30.6 Å². The maximum absolute atomic E-state index is 12.5. The number of nitrogens with two attached hydrogens (primary N) is 1. The van der Waals surface area contributed by atoms with Crippen LogP contribution in [-0.2, 0) is 14.3 Å². The summed E-state index contributed by atoms with van der Waals surface area (Å²) in [5, 5.41) is 5.07. The maximum Gasteiger partial charge on any atom is 0.407 e. The second kappa shape index (κ2) is 10.1. The normalized spacial score (nSPS) is 11.5. The lowest BCUT2D eigenvalue weighted by atomic mass is 10.1. The first kappa shape index (κ1) is 21.0. The summed E-state index contributed by atoms with van der Waals surface area (Å²) >= 11 is 0. The van der Waals surface area contributed by atoms with Crippen molar-refractivity contribution in [1.29, 1.82) is 0 Å². The van der Waals surface area contributed by atoms with Gasteiger partial charge in [-0.05, 0) is 29.2 Å². The molecule has 7 heteroatoms. The molecular weight excluding hydrogens is 358 g/mol. The van der Waals surface area contributed by atoms with E-state index in [1.54, 1.807) is 12.1 Å². The lowest BCUT2D eigenvalue weighted by Crippen LogP contribution is -2.46. The number of benzene rings is 2. The molecular formula is C21H25N3O4. The SMILES string of the molecule is CC(C)COC(=O)N[C@@H](CC(N)=O)C(=O)Nc1ccc(-c2ccccc2)cc1. The van der Waals surface area contributed by atoms with Crippen LogP contribution in [0.3, 0.4) is 0 Å². The zero-order valence-corrected chi connectivity index (χ0v) is 16.0. The summed E-state index contributed by atoms with van der Waals surface area (Å²) in [6.45, 7) is 3.98. The fourth-order valence-electron chi connectivity index (χ4n) is 2.44. The summed E-state index contributed by atoms with van der Waals surface area (Å²) < 4.78 is 5.00. The average molecular weight is 383 g/mol. The van der Waals surface area contributed by atoms with Gasteiger partial charge in [-0.25, -0.2) is 4.79 Å². The second-order valence-electron chi connectivity index (χ2n) is 6.79. The van der Waals surface area contributed by atoms with E-state index in [-0.39, 0.29) is 18.9 Å². The molecule has 0 aliphatic heterocycles. The third-order valence-electron chi connectivity index (χ3n) is 3.82. The highest BCUT2D eigenvalue weighted by Gasteiger charge is 2.24. The van der Waals surface area contributed by atoms with Crippen molar-refractivity contribution >= 4 is 23.6 Å². The van der Waals surface area contributed by atoms with E-state index >= 15 is 0 Å². The Morgan fingerprint density at radius 1 is 0.964 bits per heavy atom. The summed E-state index contributed by atoms with van der Waals surface area (Å²) in [7, 11) is 0. The van der Waals surface area contributed by atoms with E-state index in [0.29, 0.717) is 5.69 Å².